The smallest absolute Gasteiger partial charge is 0.255 e. The molecule has 3 aliphatic rings. The van der Waals surface area contributed by atoms with Crippen LogP contribution in [-0.4, -0.2) is 51.3 Å². The van der Waals surface area contributed by atoms with Crippen LogP contribution in [0.3, 0.4) is 0 Å². The number of imidazole rings is 1. The van der Waals surface area contributed by atoms with Gasteiger partial charge in [0.05, 0.1) is 11.4 Å². The predicted molar refractivity (Wildman–Crippen MR) is 114 cm³/mol. The first-order chi connectivity index (χ1) is 14.2. The van der Waals surface area contributed by atoms with Crippen LogP contribution >= 0.6 is 0 Å². The Balaban J connectivity index is 1.49. The Kier molecular flexibility index (Phi) is 4.41. The van der Waals surface area contributed by atoms with Crippen molar-refractivity contribution < 1.29 is 4.79 Å². The summed E-state index contributed by atoms with van der Waals surface area (Å²) < 4.78 is 2.00. The van der Waals surface area contributed by atoms with E-state index in [9.17, 15) is 4.79 Å². The SMILES string of the molecule is Cc1ccc2nc(C3=CC(=O)N4C=C(N5CCNCC5)C=C/C4=C\C=C3)cn2c1. The average molecular weight is 385 g/mol. The first-order valence-corrected chi connectivity index (χ1v) is 9.92. The number of carbonyl (C=O) groups is 1. The van der Waals surface area contributed by atoms with Crippen LogP contribution in [0.15, 0.2) is 78.6 Å². The molecule has 0 unspecified atom stereocenters. The predicted octanol–water partition coefficient (Wildman–Crippen LogP) is 2.62. The highest BCUT2D eigenvalue weighted by atomic mass is 16.2. The fraction of sp³-hybridized carbons (Fsp3) is 0.217. The number of amides is 1. The van der Waals surface area contributed by atoms with Gasteiger partial charge in [-0.3, -0.25) is 9.69 Å². The Labute approximate surface area is 169 Å². The molecule has 0 aliphatic carbocycles. The third-order valence-electron chi connectivity index (χ3n) is 5.40. The van der Waals surface area contributed by atoms with Gasteiger partial charge in [-0.15, -0.1) is 0 Å². The summed E-state index contributed by atoms with van der Waals surface area (Å²) in [7, 11) is 0. The lowest BCUT2D eigenvalue weighted by Crippen LogP contribution is -2.43. The molecular weight excluding hydrogens is 362 g/mol. The van der Waals surface area contributed by atoms with Crippen molar-refractivity contribution >= 4 is 17.1 Å². The molecule has 0 aromatic carbocycles. The van der Waals surface area contributed by atoms with Gasteiger partial charge in [0.2, 0.25) is 0 Å². The van der Waals surface area contributed by atoms with Crippen LogP contribution in [0.2, 0.25) is 0 Å². The Hall–Kier alpha value is -3.38. The number of hydrogen-bond donors (Lipinski definition) is 1. The second-order valence-electron chi connectivity index (χ2n) is 7.48. The maximum absolute atomic E-state index is 13.1. The monoisotopic (exact) mass is 385 g/mol. The van der Waals surface area contributed by atoms with Crippen LogP contribution in [0.5, 0.6) is 0 Å². The van der Waals surface area contributed by atoms with E-state index in [0.29, 0.717) is 0 Å². The molecule has 0 radical (unpaired) electrons. The second kappa shape index (κ2) is 7.22. The van der Waals surface area contributed by atoms with Crippen LogP contribution in [0.4, 0.5) is 0 Å². The van der Waals surface area contributed by atoms with Crippen LogP contribution < -0.4 is 5.32 Å². The van der Waals surface area contributed by atoms with Gasteiger partial charge < -0.3 is 14.6 Å². The average Bonchev–Trinajstić information content (AvgIpc) is 3.15. The lowest BCUT2D eigenvalue weighted by molar-refractivity contribution is -0.122. The minimum atomic E-state index is -0.0687. The van der Waals surface area contributed by atoms with E-state index in [2.05, 4.69) is 28.2 Å². The molecule has 146 valence electrons. The zero-order valence-corrected chi connectivity index (χ0v) is 16.4. The molecule has 0 atom stereocenters. The number of nitrogens with one attached hydrogen (secondary N) is 1. The van der Waals surface area contributed by atoms with Crippen LogP contribution in [0, 0.1) is 6.92 Å². The molecule has 2 aromatic heterocycles. The molecule has 3 aliphatic heterocycles. The van der Waals surface area contributed by atoms with Gasteiger partial charge in [-0.1, -0.05) is 18.2 Å². The number of piperazine rings is 1. The summed E-state index contributed by atoms with van der Waals surface area (Å²) in [4.78, 5) is 21.8. The number of aryl methyl sites for hydroxylation is 1. The molecule has 1 saturated heterocycles. The largest absolute Gasteiger partial charge is 0.368 e. The van der Waals surface area contributed by atoms with E-state index in [4.69, 9.17) is 0 Å². The number of aromatic nitrogens is 2. The number of hydrogen-bond acceptors (Lipinski definition) is 4. The summed E-state index contributed by atoms with van der Waals surface area (Å²) in [6.45, 7) is 5.86. The van der Waals surface area contributed by atoms with Gasteiger partial charge in [-0.05, 0) is 36.8 Å². The molecule has 0 spiro atoms. The molecule has 5 heterocycles. The molecule has 29 heavy (non-hydrogen) atoms. The summed E-state index contributed by atoms with van der Waals surface area (Å²) in [6.07, 6.45) is 17.6. The van der Waals surface area contributed by atoms with Crippen molar-refractivity contribution in [2.75, 3.05) is 26.2 Å². The molecule has 5 rings (SSSR count). The Morgan fingerprint density at radius 3 is 2.72 bits per heavy atom. The standard InChI is InChI=1S/C23H23N5O/c1-17-5-8-22-25-21(16-27(22)14-17)18-3-2-4-19-6-7-20(15-28(19)23(29)13-18)26-11-9-24-10-12-26/h2-8,13-16,24H,9-12H2,1H3/b3-2?,18-13?,19-4+. The van der Waals surface area contributed by atoms with Gasteiger partial charge >= 0.3 is 0 Å². The maximum Gasteiger partial charge on any atom is 0.255 e. The van der Waals surface area contributed by atoms with E-state index in [1.54, 1.807) is 11.0 Å². The van der Waals surface area contributed by atoms with Crippen molar-refractivity contribution in [3.8, 4) is 0 Å². The van der Waals surface area contributed by atoms with E-state index in [1.807, 2.05) is 59.4 Å². The lowest BCUT2D eigenvalue weighted by atomic mass is 10.1. The lowest BCUT2D eigenvalue weighted by Gasteiger charge is -2.33. The number of carbonyl (C=O) groups excluding carboxylic acids is 1. The minimum Gasteiger partial charge on any atom is -0.368 e. The summed E-state index contributed by atoms with van der Waals surface area (Å²) in [5, 5.41) is 3.36. The van der Waals surface area contributed by atoms with E-state index in [1.165, 1.54) is 0 Å². The van der Waals surface area contributed by atoms with Crippen molar-refractivity contribution in [1.82, 2.24) is 24.5 Å². The van der Waals surface area contributed by atoms with Gasteiger partial charge in [0.15, 0.2) is 0 Å². The van der Waals surface area contributed by atoms with Crippen molar-refractivity contribution in [2.24, 2.45) is 0 Å². The van der Waals surface area contributed by atoms with E-state index in [-0.39, 0.29) is 5.91 Å². The Morgan fingerprint density at radius 1 is 1.03 bits per heavy atom. The number of allylic oxidation sites excluding steroid dienone is 6. The first-order valence-electron chi connectivity index (χ1n) is 9.92. The second-order valence-corrected chi connectivity index (χ2v) is 7.48. The Morgan fingerprint density at radius 2 is 1.86 bits per heavy atom. The zero-order valence-electron chi connectivity index (χ0n) is 16.4. The van der Waals surface area contributed by atoms with E-state index < -0.39 is 0 Å². The Bertz CT molecular complexity index is 1130. The molecule has 1 amide bonds. The number of pyridine rings is 1. The number of nitrogens with zero attached hydrogens (tertiary/aromatic N) is 4. The van der Waals surface area contributed by atoms with Gasteiger partial charge in [0, 0.05) is 62.1 Å². The van der Waals surface area contributed by atoms with Crippen LogP contribution in [0.1, 0.15) is 11.3 Å². The number of rotatable bonds is 2. The summed E-state index contributed by atoms with van der Waals surface area (Å²) >= 11 is 0. The van der Waals surface area contributed by atoms with Gasteiger partial charge in [-0.25, -0.2) is 4.98 Å². The van der Waals surface area contributed by atoms with Gasteiger partial charge in [-0.2, -0.15) is 0 Å². The van der Waals surface area contributed by atoms with Crippen LogP contribution in [-0.2, 0) is 4.79 Å². The zero-order chi connectivity index (χ0) is 19.8. The molecule has 6 heteroatoms. The highest BCUT2D eigenvalue weighted by Gasteiger charge is 2.22. The highest BCUT2D eigenvalue weighted by molar-refractivity contribution is 5.99. The normalized spacial score (nSPS) is 21.3. The van der Waals surface area contributed by atoms with Gasteiger partial charge in [0.1, 0.15) is 5.65 Å². The van der Waals surface area contributed by atoms with E-state index >= 15 is 0 Å². The minimum absolute atomic E-state index is 0.0687. The maximum atomic E-state index is 13.1. The summed E-state index contributed by atoms with van der Waals surface area (Å²) in [5.41, 5.74) is 5.56. The fourth-order valence-electron chi connectivity index (χ4n) is 3.84. The van der Waals surface area contributed by atoms with Crippen molar-refractivity contribution in [1.29, 1.82) is 0 Å². The van der Waals surface area contributed by atoms with E-state index in [0.717, 1.165) is 60.1 Å². The molecule has 0 saturated carbocycles. The van der Waals surface area contributed by atoms with Gasteiger partial charge in [0.25, 0.3) is 5.91 Å². The summed E-state index contributed by atoms with van der Waals surface area (Å²) in [6, 6.07) is 4.03. The topological polar surface area (TPSA) is 52.9 Å². The summed E-state index contributed by atoms with van der Waals surface area (Å²) in [5.74, 6) is -0.0687. The molecule has 1 N–H and O–H groups in total. The number of fused-ring (bicyclic) bond motifs is 2. The fourth-order valence-corrected chi connectivity index (χ4v) is 3.84. The van der Waals surface area contributed by atoms with Crippen molar-refractivity contribution in [3.63, 3.8) is 0 Å². The third-order valence-corrected chi connectivity index (χ3v) is 5.40. The first kappa shape index (κ1) is 17.7. The quantitative estimate of drug-likeness (QED) is 0.864. The van der Waals surface area contributed by atoms with Crippen molar-refractivity contribution in [2.45, 2.75) is 6.92 Å². The third kappa shape index (κ3) is 3.43. The molecule has 1 fully saturated rings. The molecular formula is C23H23N5O. The van der Waals surface area contributed by atoms with Crippen LogP contribution in [0.25, 0.3) is 11.2 Å². The highest BCUT2D eigenvalue weighted by Crippen LogP contribution is 2.25. The van der Waals surface area contributed by atoms with Crippen molar-refractivity contribution in [3.05, 3.63) is 89.8 Å². The molecule has 0 bridgehead atoms. The molecule has 6 nitrogen and oxygen atoms in total. The molecule has 2 aromatic rings.